The van der Waals surface area contributed by atoms with E-state index in [0.717, 1.165) is 19.4 Å². The maximum Gasteiger partial charge on any atom is 0.333 e. The first-order valence-corrected chi connectivity index (χ1v) is 11.8. The second-order valence-corrected chi connectivity index (χ2v) is 10.7. The zero-order valence-corrected chi connectivity index (χ0v) is 21.8. The van der Waals surface area contributed by atoms with E-state index in [4.69, 9.17) is 4.74 Å². The number of rotatable bonds is 8. The quantitative estimate of drug-likeness (QED) is 0.453. The fourth-order valence-electron chi connectivity index (χ4n) is 4.26. The Morgan fingerprint density at radius 2 is 1.81 bits per heavy atom. The number of amides is 2. The molecule has 0 spiro atoms. The van der Waals surface area contributed by atoms with E-state index in [-0.39, 0.29) is 35.8 Å². The van der Waals surface area contributed by atoms with Crippen molar-refractivity contribution in [3.63, 3.8) is 0 Å². The van der Waals surface area contributed by atoms with E-state index in [9.17, 15) is 14.4 Å². The third kappa shape index (κ3) is 7.61. The fraction of sp³-hybridized carbons (Fsp3) is 0.800. The van der Waals surface area contributed by atoms with Crippen LogP contribution in [0.15, 0.2) is 11.6 Å². The Balaban J connectivity index is 3.10. The Morgan fingerprint density at radius 1 is 1.22 bits per heavy atom. The third-order valence-corrected chi connectivity index (χ3v) is 6.26. The van der Waals surface area contributed by atoms with Crippen LogP contribution in [0.4, 0.5) is 0 Å². The summed E-state index contributed by atoms with van der Waals surface area (Å²) >= 11 is 0. The van der Waals surface area contributed by atoms with Crippen LogP contribution in [0.2, 0.25) is 0 Å². The van der Waals surface area contributed by atoms with Gasteiger partial charge in [0, 0.05) is 19.2 Å². The van der Waals surface area contributed by atoms with Crippen LogP contribution in [0, 0.1) is 17.3 Å². The van der Waals surface area contributed by atoms with Crippen molar-refractivity contribution in [2.45, 2.75) is 86.4 Å². The van der Waals surface area contributed by atoms with Crippen molar-refractivity contribution < 1.29 is 19.1 Å². The number of likely N-dealkylation sites (N-methyl/N-ethyl adjacent to an activating group) is 2. The van der Waals surface area contributed by atoms with E-state index >= 15 is 0 Å². The minimum Gasteiger partial charge on any atom is -0.463 e. The molecule has 4 atom stereocenters. The van der Waals surface area contributed by atoms with Gasteiger partial charge in [0.1, 0.15) is 6.04 Å². The van der Waals surface area contributed by atoms with Gasteiger partial charge in [0.25, 0.3) is 0 Å². The molecule has 0 aromatic heterocycles. The monoisotopic (exact) mass is 451 g/mol. The van der Waals surface area contributed by atoms with Crippen molar-refractivity contribution in [3.8, 4) is 0 Å². The standard InChI is InChI=1S/C25H45N3O4/c1-11-32-24(31)18(5)14-20(16(2)3)28(10)23(30)21(25(6,7)8)26-22(29)19-13-12-17(4)15-27(19)9/h14,16-17,19-21H,11-13,15H2,1-10H3,(H,26,29)/t17-,19?,20+,21+/m0/s1. The summed E-state index contributed by atoms with van der Waals surface area (Å²) in [4.78, 5) is 42.6. The molecule has 0 aromatic carbocycles. The van der Waals surface area contributed by atoms with Crippen molar-refractivity contribution in [1.82, 2.24) is 15.1 Å². The molecule has 2 amide bonds. The number of nitrogens with one attached hydrogen (secondary N) is 1. The highest BCUT2D eigenvalue weighted by molar-refractivity contribution is 5.91. The van der Waals surface area contributed by atoms with E-state index in [1.54, 1.807) is 31.9 Å². The van der Waals surface area contributed by atoms with Crippen molar-refractivity contribution >= 4 is 17.8 Å². The number of piperidine rings is 1. The second kappa shape index (κ2) is 11.8. The van der Waals surface area contributed by atoms with Gasteiger partial charge < -0.3 is 15.0 Å². The van der Waals surface area contributed by atoms with Crippen LogP contribution in [-0.4, -0.2) is 73.0 Å². The largest absolute Gasteiger partial charge is 0.463 e. The summed E-state index contributed by atoms with van der Waals surface area (Å²) in [5.74, 6) is 0.00556. The minimum absolute atomic E-state index is 0.0793. The van der Waals surface area contributed by atoms with E-state index in [0.29, 0.717) is 18.1 Å². The first-order valence-electron chi connectivity index (χ1n) is 11.8. The van der Waals surface area contributed by atoms with Crippen molar-refractivity contribution in [2.24, 2.45) is 17.3 Å². The minimum atomic E-state index is -0.676. The van der Waals surface area contributed by atoms with Crippen LogP contribution in [0.1, 0.15) is 68.2 Å². The smallest absolute Gasteiger partial charge is 0.333 e. The molecule has 0 bridgehead atoms. The van der Waals surface area contributed by atoms with E-state index in [1.165, 1.54) is 0 Å². The molecule has 0 saturated carbocycles. The summed E-state index contributed by atoms with van der Waals surface area (Å²) in [5.41, 5.74) is 0.00247. The van der Waals surface area contributed by atoms with Gasteiger partial charge in [-0.05, 0) is 51.0 Å². The normalized spacial score (nSPS) is 22.3. The number of hydrogen-bond donors (Lipinski definition) is 1. The Bertz CT molecular complexity index is 696. The average molecular weight is 452 g/mol. The van der Waals surface area contributed by atoms with Gasteiger partial charge in [-0.15, -0.1) is 0 Å². The van der Waals surface area contributed by atoms with Crippen LogP contribution < -0.4 is 5.32 Å². The fourth-order valence-corrected chi connectivity index (χ4v) is 4.26. The SMILES string of the molecule is CCOC(=O)C(C)=C[C@H](C(C)C)N(C)C(=O)[C@@H](NC(=O)C1CC[C@H](C)CN1C)C(C)(C)C. The number of likely N-dealkylation sites (tertiary alicyclic amines) is 1. The number of carbonyl (C=O) groups excluding carboxylic acids is 3. The van der Waals surface area contributed by atoms with Gasteiger partial charge in [-0.3, -0.25) is 14.5 Å². The van der Waals surface area contributed by atoms with Crippen LogP contribution in [-0.2, 0) is 19.1 Å². The molecule has 1 N–H and O–H groups in total. The summed E-state index contributed by atoms with van der Waals surface area (Å²) in [5, 5.41) is 3.06. The lowest BCUT2D eigenvalue weighted by molar-refractivity contribution is -0.142. The highest BCUT2D eigenvalue weighted by Crippen LogP contribution is 2.25. The van der Waals surface area contributed by atoms with Gasteiger partial charge >= 0.3 is 5.97 Å². The molecule has 1 rings (SSSR count). The molecule has 32 heavy (non-hydrogen) atoms. The molecule has 1 unspecified atom stereocenters. The van der Waals surface area contributed by atoms with E-state index < -0.39 is 11.5 Å². The van der Waals surface area contributed by atoms with E-state index in [2.05, 4.69) is 17.1 Å². The van der Waals surface area contributed by atoms with Gasteiger partial charge in [0.05, 0.1) is 18.7 Å². The van der Waals surface area contributed by atoms with E-state index in [1.807, 2.05) is 41.7 Å². The van der Waals surface area contributed by atoms with Gasteiger partial charge in [0.2, 0.25) is 11.8 Å². The maximum atomic E-state index is 13.6. The Kier molecular flexibility index (Phi) is 10.4. The summed E-state index contributed by atoms with van der Waals surface area (Å²) in [6.07, 6.45) is 3.59. The molecule has 1 heterocycles. The first kappa shape index (κ1) is 28.1. The van der Waals surface area contributed by atoms with Gasteiger partial charge in [-0.1, -0.05) is 47.6 Å². The lowest BCUT2D eigenvalue weighted by atomic mass is 9.84. The average Bonchev–Trinajstić information content (AvgIpc) is 2.67. The summed E-state index contributed by atoms with van der Waals surface area (Å²) in [6.45, 7) is 16.7. The highest BCUT2D eigenvalue weighted by Gasteiger charge is 2.39. The first-order chi connectivity index (χ1) is 14.7. The molecule has 1 aliphatic heterocycles. The van der Waals surface area contributed by atoms with Crippen LogP contribution in [0.3, 0.4) is 0 Å². The summed E-state index contributed by atoms with van der Waals surface area (Å²) in [7, 11) is 3.71. The van der Waals surface area contributed by atoms with Crippen LogP contribution in [0.25, 0.3) is 0 Å². The molecule has 1 fully saturated rings. The van der Waals surface area contributed by atoms with Crippen molar-refractivity contribution in [1.29, 1.82) is 0 Å². The molecular weight excluding hydrogens is 406 g/mol. The topological polar surface area (TPSA) is 79.0 Å². The Labute approximate surface area is 194 Å². The third-order valence-electron chi connectivity index (χ3n) is 6.26. The maximum absolute atomic E-state index is 13.6. The van der Waals surface area contributed by atoms with Crippen molar-refractivity contribution in [3.05, 3.63) is 11.6 Å². The lowest BCUT2D eigenvalue weighted by Crippen LogP contribution is -2.60. The molecule has 0 radical (unpaired) electrons. The highest BCUT2D eigenvalue weighted by atomic mass is 16.5. The molecule has 7 nitrogen and oxygen atoms in total. The Hall–Kier alpha value is -1.89. The molecular formula is C25H45N3O4. The number of ether oxygens (including phenoxy) is 1. The molecule has 1 saturated heterocycles. The molecule has 1 aliphatic rings. The molecule has 0 aliphatic carbocycles. The zero-order valence-electron chi connectivity index (χ0n) is 21.8. The Morgan fingerprint density at radius 3 is 2.28 bits per heavy atom. The summed E-state index contributed by atoms with van der Waals surface area (Å²) < 4.78 is 5.09. The predicted octanol–water partition coefficient (Wildman–Crippen LogP) is 3.24. The number of hydrogen-bond acceptors (Lipinski definition) is 5. The molecule has 0 aromatic rings. The number of carbonyl (C=O) groups is 3. The van der Waals surface area contributed by atoms with Gasteiger partial charge in [0.15, 0.2) is 0 Å². The lowest BCUT2D eigenvalue weighted by Gasteiger charge is -2.40. The molecule has 184 valence electrons. The number of esters is 1. The molecule has 7 heteroatoms. The van der Waals surface area contributed by atoms with Crippen LogP contribution in [0.5, 0.6) is 0 Å². The summed E-state index contributed by atoms with van der Waals surface area (Å²) in [6, 6.07) is -1.20. The number of nitrogens with zero attached hydrogens (tertiary/aromatic N) is 2. The second-order valence-electron chi connectivity index (χ2n) is 10.7. The van der Waals surface area contributed by atoms with Crippen molar-refractivity contribution in [2.75, 3.05) is 27.2 Å². The zero-order chi connectivity index (χ0) is 24.8. The predicted molar refractivity (Wildman–Crippen MR) is 128 cm³/mol. The van der Waals surface area contributed by atoms with Gasteiger partial charge in [-0.25, -0.2) is 4.79 Å². The van der Waals surface area contributed by atoms with Gasteiger partial charge in [-0.2, -0.15) is 0 Å². The van der Waals surface area contributed by atoms with Crippen LogP contribution >= 0.6 is 0 Å².